The summed E-state index contributed by atoms with van der Waals surface area (Å²) in [6, 6.07) is -0.868. The Morgan fingerprint density at radius 1 is 1.40 bits per heavy atom. The van der Waals surface area contributed by atoms with Gasteiger partial charge in [0.2, 0.25) is 0 Å². The molecule has 3 nitrogen and oxygen atoms in total. The molecule has 0 aromatic heterocycles. The minimum absolute atomic E-state index is 0.363. The van der Waals surface area contributed by atoms with E-state index in [1.807, 2.05) is 0 Å². The number of halogens is 3. The highest BCUT2D eigenvalue weighted by Gasteiger charge is 2.23. The first-order chi connectivity index (χ1) is 7.02. The predicted molar refractivity (Wildman–Crippen MR) is 46.9 cm³/mol. The zero-order chi connectivity index (χ0) is 11.6. The minimum atomic E-state index is -1.37. The molecule has 0 amide bonds. The molecule has 0 aliphatic carbocycles. The van der Waals surface area contributed by atoms with Crippen LogP contribution < -0.4 is 10.5 Å². The van der Waals surface area contributed by atoms with Crippen LogP contribution in [0.5, 0.6) is 5.75 Å². The molecule has 1 aromatic rings. The average molecular weight is 221 g/mol. The zero-order valence-electron chi connectivity index (χ0n) is 7.93. The molecule has 1 rings (SSSR count). The number of benzene rings is 1. The lowest BCUT2D eigenvalue weighted by molar-refractivity contribution is 0.258. The molecule has 0 heterocycles. The van der Waals surface area contributed by atoms with Crippen molar-refractivity contribution in [3.63, 3.8) is 0 Å². The van der Waals surface area contributed by atoms with Gasteiger partial charge in [-0.05, 0) is 0 Å². The lowest BCUT2D eigenvalue weighted by Gasteiger charge is -2.15. The van der Waals surface area contributed by atoms with Crippen molar-refractivity contribution >= 4 is 0 Å². The summed E-state index contributed by atoms with van der Waals surface area (Å²) in [6.45, 7) is -0.643. The molecule has 1 aromatic carbocycles. The molecule has 15 heavy (non-hydrogen) atoms. The largest absolute Gasteiger partial charge is 0.493 e. The van der Waals surface area contributed by atoms with E-state index in [1.165, 1.54) is 0 Å². The van der Waals surface area contributed by atoms with Crippen LogP contribution in [0.25, 0.3) is 0 Å². The zero-order valence-corrected chi connectivity index (χ0v) is 7.93. The minimum Gasteiger partial charge on any atom is -0.493 e. The van der Waals surface area contributed by atoms with E-state index in [4.69, 9.17) is 10.8 Å². The van der Waals surface area contributed by atoms with E-state index in [0.717, 1.165) is 7.11 Å². The lowest BCUT2D eigenvalue weighted by Crippen LogP contribution is -2.18. The normalized spacial score (nSPS) is 12.7. The van der Waals surface area contributed by atoms with Crippen LogP contribution in [-0.2, 0) is 0 Å². The smallest absolute Gasteiger partial charge is 0.168 e. The first-order valence-electron chi connectivity index (χ1n) is 4.10. The molecule has 0 aliphatic rings. The Bertz CT molecular complexity index is 371. The third kappa shape index (κ3) is 2.05. The van der Waals surface area contributed by atoms with Gasteiger partial charge in [-0.15, -0.1) is 0 Å². The molecular weight excluding hydrogens is 211 g/mol. The average Bonchev–Trinajstić information content (AvgIpc) is 2.21. The van der Waals surface area contributed by atoms with Gasteiger partial charge >= 0.3 is 0 Å². The van der Waals surface area contributed by atoms with E-state index in [-0.39, 0.29) is 0 Å². The SMILES string of the molecule is COc1c(F)cc(F)c(F)c1C(N)CO. The van der Waals surface area contributed by atoms with Crippen molar-refractivity contribution in [2.24, 2.45) is 5.73 Å². The van der Waals surface area contributed by atoms with Gasteiger partial charge in [0.25, 0.3) is 0 Å². The molecule has 1 atom stereocenters. The molecule has 6 heteroatoms. The number of methoxy groups -OCH3 is 1. The second-order valence-electron chi connectivity index (χ2n) is 2.89. The van der Waals surface area contributed by atoms with Gasteiger partial charge in [-0.1, -0.05) is 0 Å². The Morgan fingerprint density at radius 3 is 2.47 bits per heavy atom. The fraction of sp³-hybridized carbons (Fsp3) is 0.333. The highest BCUT2D eigenvalue weighted by Crippen LogP contribution is 2.31. The number of ether oxygens (including phenoxy) is 1. The monoisotopic (exact) mass is 221 g/mol. The third-order valence-electron chi connectivity index (χ3n) is 1.93. The summed E-state index contributed by atoms with van der Waals surface area (Å²) in [5.74, 6) is -4.23. The highest BCUT2D eigenvalue weighted by atomic mass is 19.2. The second-order valence-corrected chi connectivity index (χ2v) is 2.89. The van der Waals surface area contributed by atoms with Crippen LogP contribution in [0.2, 0.25) is 0 Å². The Hall–Kier alpha value is -1.27. The van der Waals surface area contributed by atoms with Crippen LogP contribution >= 0.6 is 0 Å². The van der Waals surface area contributed by atoms with E-state index in [1.54, 1.807) is 0 Å². The molecule has 0 radical (unpaired) electrons. The third-order valence-corrected chi connectivity index (χ3v) is 1.93. The summed E-state index contributed by atoms with van der Waals surface area (Å²) < 4.78 is 43.8. The van der Waals surface area contributed by atoms with E-state index >= 15 is 0 Å². The Balaban J connectivity index is 3.43. The van der Waals surface area contributed by atoms with Gasteiger partial charge in [0.1, 0.15) is 0 Å². The molecule has 84 valence electrons. The van der Waals surface area contributed by atoms with Crippen LogP contribution in [0.3, 0.4) is 0 Å². The van der Waals surface area contributed by atoms with Crippen molar-refractivity contribution in [3.8, 4) is 5.75 Å². The fourth-order valence-corrected chi connectivity index (χ4v) is 1.23. The van der Waals surface area contributed by atoms with Crippen LogP contribution in [-0.4, -0.2) is 18.8 Å². The quantitative estimate of drug-likeness (QED) is 0.751. The van der Waals surface area contributed by atoms with Gasteiger partial charge in [0.05, 0.1) is 25.3 Å². The van der Waals surface area contributed by atoms with Crippen LogP contribution in [0.1, 0.15) is 11.6 Å². The van der Waals surface area contributed by atoms with Crippen molar-refractivity contribution in [2.75, 3.05) is 13.7 Å². The summed E-state index contributed by atoms with van der Waals surface area (Å²) in [6.07, 6.45) is 0. The van der Waals surface area contributed by atoms with Crippen molar-refractivity contribution in [2.45, 2.75) is 6.04 Å². The predicted octanol–water partition coefficient (Wildman–Crippen LogP) is 1.10. The van der Waals surface area contributed by atoms with Gasteiger partial charge in [-0.2, -0.15) is 0 Å². The van der Waals surface area contributed by atoms with Crippen molar-refractivity contribution in [1.29, 1.82) is 0 Å². The van der Waals surface area contributed by atoms with Crippen molar-refractivity contribution < 1.29 is 23.0 Å². The molecular formula is C9H10F3NO2. The molecule has 0 fully saturated rings. The fourth-order valence-electron chi connectivity index (χ4n) is 1.23. The summed E-state index contributed by atoms with van der Waals surface area (Å²) in [7, 11) is 1.10. The first kappa shape index (κ1) is 11.8. The van der Waals surface area contributed by atoms with Crippen LogP contribution in [0.4, 0.5) is 13.2 Å². The number of rotatable bonds is 3. The van der Waals surface area contributed by atoms with Gasteiger partial charge in [-0.3, -0.25) is 0 Å². The van der Waals surface area contributed by atoms with Gasteiger partial charge < -0.3 is 15.6 Å². The first-order valence-corrected chi connectivity index (χ1v) is 4.10. The summed E-state index contributed by atoms with van der Waals surface area (Å²) in [5.41, 5.74) is 4.80. The van der Waals surface area contributed by atoms with E-state index in [9.17, 15) is 13.2 Å². The molecule has 0 saturated heterocycles. The summed E-state index contributed by atoms with van der Waals surface area (Å²) in [5, 5.41) is 8.72. The molecule has 0 spiro atoms. The second kappa shape index (κ2) is 4.50. The van der Waals surface area contributed by atoms with Crippen molar-refractivity contribution in [1.82, 2.24) is 0 Å². The Labute approximate surface area is 84.3 Å². The Morgan fingerprint density at radius 2 is 2.00 bits per heavy atom. The number of aliphatic hydroxyl groups excluding tert-OH is 1. The standard InChI is InChI=1S/C9H10F3NO2/c1-15-9-5(11)2-4(10)8(12)7(9)6(13)3-14/h2,6,14H,3,13H2,1H3. The van der Waals surface area contributed by atoms with E-state index in [0.29, 0.717) is 6.07 Å². The lowest BCUT2D eigenvalue weighted by atomic mass is 10.1. The van der Waals surface area contributed by atoms with Crippen LogP contribution in [0.15, 0.2) is 6.07 Å². The van der Waals surface area contributed by atoms with Crippen LogP contribution in [0, 0.1) is 17.5 Å². The van der Waals surface area contributed by atoms with Gasteiger partial charge in [-0.25, -0.2) is 13.2 Å². The molecule has 0 saturated carbocycles. The van der Waals surface area contributed by atoms with E-state index in [2.05, 4.69) is 4.74 Å². The number of aliphatic hydroxyl groups is 1. The maximum atomic E-state index is 13.3. The molecule has 0 bridgehead atoms. The number of hydrogen-bond acceptors (Lipinski definition) is 3. The Kier molecular flexibility index (Phi) is 3.54. The van der Waals surface area contributed by atoms with Gasteiger partial charge in [0.15, 0.2) is 23.2 Å². The number of hydrogen-bond donors (Lipinski definition) is 2. The number of nitrogens with two attached hydrogens (primary N) is 1. The maximum absolute atomic E-state index is 13.3. The topological polar surface area (TPSA) is 55.5 Å². The summed E-state index contributed by atoms with van der Waals surface area (Å²) >= 11 is 0. The molecule has 3 N–H and O–H groups in total. The van der Waals surface area contributed by atoms with Gasteiger partial charge in [0, 0.05) is 6.07 Å². The molecule has 1 unspecified atom stereocenters. The summed E-state index contributed by atoms with van der Waals surface area (Å²) in [4.78, 5) is 0. The highest BCUT2D eigenvalue weighted by molar-refractivity contribution is 5.39. The maximum Gasteiger partial charge on any atom is 0.168 e. The molecule has 0 aliphatic heterocycles. The van der Waals surface area contributed by atoms with E-state index < -0.39 is 41.4 Å². The van der Waals surface area contributed by atoms with Crippen molar-refractivity contribution in [3.05, 3.63) is 29.1 Å².